The maximum absolute atomic E-state index is 10.8. The minimum absolute atomic E-state index is 0.291. The van der Waals surface area contributed by atoms with E-state index in [1.54, 1.807) is 0 Å². The molecule has 0 radical (unpaired) electrons. The van der Waals surface area contributed by atoms with Crippen molar-refractivity contribution in [2.75, 3.05) is 6.61 Å². The summed E-state index contributed by atoms with van der Waals surface area (Å²) in [6, 6.07) is 0. The van der Waals surface area contributed by atoms with Crippen LogP contribution in [0.5, 0.6) is 0 Å². The van der Waals surface area contributed by atoms with E-state index in [1.807, 2.05) is 0 Å². The topological polar surface area (TPSA) is 110 Å². The Bertz CT molecular complexity index is 417. The van der Waals surface area contributed by atoms with Gasteiger partial charge in [0.2, 0.25) is 0 Å². The van der Waals surface area contributed by atoms with Gasteiger partial charge in [0.15, 0.2) is 0 Å². The first-order valence-corrected chi connectivity index (χ1v) is 10.9. The van der Waals surface area contributed by atoms with E-state index in [-0.39, 0.29) is 5.92 Å². The molecule has 0 aromatic heterocycles. The minimum atomic E-state index is -1.37. The molecule has 2 aliphatic rings. The standard InChI is InChI=1S/C21H40O6/c1-3-5-7-9-14-11-16(23)15(10-13(14)8-6-4-2)21-20(26)19(25)18(24)17(12-22)27-21/h13-26H,3-12H2,1-2H3. The monoisotopic (exact) mass is 388 g/mol. The molecular weight excluding hydrogens is 348 g/mol. The van der Waals surface area contributed by atoms with E-state index in [2.05, 4.69) is 13.8 Å². The zero-order valence-corrected chi connectivity index (χ0v) is 16.9. The van der Waals surface area contributed by atoms with Gasteiger partial charge in [0.25, 0.3) is 0 Å². The van der Waals surface area contributed by atoms with E-state index in [0.29, 0.717) is 18.3 Å². The van der Waals surface area contributed by atoms with Crippen molar-refractivity contribution >= 4 is 0 Å². The van der Waals surface area contributed by atoms with Gasteiger partial charge in [0, 0.05) is 5.92 Å². The Balaban J connectivity index is 2.09. The lowest BCUT2D eigenvalue weighted by atomic mass is 9.66. The average Bonchev–Trinajstić information content (AvgIpc) is 2.66. The molecule has 2 rings (SSSR count). The van der Waals surface area contributed by atoms with Crippen molar-refractivity contribution in [3.63, 3.8) is 0 Å². The van der Waals surface area contributed by atoms with Crippen LogP contribution >= 0.6 is 0 Å². The van der Waals surface area contributed by atoms with E-state index in [9.17, 15) is 25.5 Å². The van der Waals surface area contributed by atoms with Crippen LogP contribution in [0.15, 0.2) is 0 Å². The number of unbranched alkanes of at least 4 members (excludes halogenated alkanes) is 3. The summed E-state index contributed by atoms with van der Waals surface area (Å²) in [7, 11) is 0. The normalized spacial score (nSPS) is 43.0. The van der Waals surface area contributed by atoms with Gasteiger partial charge in [-0.25, -0.2) is 0 Å². The molecule has 9 unspecified atom stereocenters. The predicted molar refractivity (Wildman–Crippen MR) is 103 cm³/mol. The van der Waals surface area contributed by atoms with Gasteiger partial charge in [-0.2, -0.15) is 0 Å². The number of aliphatic hydroxyl groups excluding tert-OH is 5. The van der Waals surface area contributed by atoms with Crippen molar-refractivity contribution < 1.29 is 30.3 Å². The Morgan fingerprint density at radius 2 is 1.41 bits per heavy atom. The molecule has 6 heteroatoms. The summed E-state index contributed by atoms with van der Waals surface area (Å²) < 4.78 is 5.76. The fraction of sp³-hybridized carbons (Fsp3) is 1.00. The van der Waals surface area contributed by atoms with Crippen LogP contribution in [0.1, 0.15) is 71.6 Å². The highest BCUT2D eigenvalue weighted by atomic mass is 16.5. The van der Waals surface area contributed by atoms with Crippen LogP contribution in [-0.4, -0.2) is 68.8 Å². The molecule has 1 aliphatic heterocycles. The molecule has 1 aliphatic carbocycles. The highest BCUT2D eigenvalue weighted by Gasteiger charge is 2.50. The van der Waals surface area contributed by atoms with Crippen LogP contribution < -0.4 is 0 Å². The van der Waals surface area contributed by atoms with Crippen LogP contribution in [0.3, 0.4) is 0 Å². The maximum Gasteiger partial charge on any atom is 0.111 e. The van der Waals surface area contributed by atoms with Gasteiger partial charge in [-0.3, -0.25) is 0 Å². The molecule has 2 fully saturated rings. The number of ether oxygens (including phenoxy) is 1. The fourth-order valence-corrected chi connectivity index (χ4v) is 5.04. The molecule has 160 valence electrons. The molecule has 0 aromatic carbocycles. The summed E-state index contributed by atoms with van der Waals surface area (Å²) in [4.78, 5) is 0. The predicted octanol–water partition coefficient (Wildman–Crippen LogP) is 1.60. The molecule has 0 amide bonds. The van der Waals surface area contributed by atoms with Gasteiger partial charge in [0.05, 0.1) is 18.8 Å². The molecule has 6 nitrogen and oxygen atoms in total. The smallest absolute Gasteiger partial charge is 0.111 e. The molecule has 5 N–H and O–H groups in total. The highest BCUT2D eigenvalue weighted by Crippen LogP contribution is 2.43. The second-order valence-electron chi connectivity index (χ2n) is 8.65. The second-order valence-corrected chi connectivity index (χ2v) is 8.65. The van der Waals surface area contributed by atoms with Crippen LogP contribution in [0.2, 0.25) is 0 Å². The molecule has 1 heterocycles. The molecule has 27 heavy (non-hydrogen) atoms. The fourth-order valence-electron chi connectivity index (χ4n) is 5.04. The highest BCUT2D eigenvalue weighted by molar-refractivity contribution is 4.99. The Labute approximate surface area is 163 Å². The average molecular weight is 389 g/mol. The Morgan fingerprint density at radius 3 is 2.04 bits per heavy atom. The zero-order chi connectivity index (χ0) is 20.0. The molecule has 0 bridgehead atoms. The maximum atomic E-state index is 10.8. The third kappa shape index (κ3) is 5.64. The molecule has 0 aromatic rings. The van der Waals surface area contributed by atoms with Crippen LogP contribution in [-0.2, 0) is 4.74 Å². The van der Waals surface area contributed by atoms with Crippen molar-refractivity contribution in [3.05, 3.63) is 0 Å². The van der Waals surface area contributed by atoms with Gasteiger partial charge in [-0.15, -0.1) is 0 Å². The van der Waals surface area contributed by atoms with Gasteiger partial charge in [-0.1, -0.05) is 58.8 Å². The number of hydrogen-bond acceptors (Lipinski definition) is 6. The molecule has 0 spiro atoms. The lowest BCUT2D eigenvalue weighted by Crippen LogP contribution is -2.62. The summed E-state index contributed by atoms with van der Waals surface area (Å²) in [5.74, 6) is 0.669. The molecular formula is C21H40O6. The van der Waals surface area contributed by atoms with Gasteiger partial charge in [-0.05, 0) is 24.7 Å². The quantitative estimate of drug-likeness (QED) is 0.384. The molecule has 9 atom stereocenters. The lowest BCUT2D eigenvalue weighted by molar-refractivity contribution is -0.253. The summed E-state index contributed by atoms with van der Waals surface area (Å²) in [5, 5.41) is 50.9. The first-order chi connectivity index (χ1) is 12.9. The third-order valence-electron chi connectivity index (χ3n) is 6.74. The summed E-state index contributed by atoms with van der Waals surface area (Å²) in [5.41, 5.74) is 0. The second kappa shape index (κ2) is 11.1. The number of aliphatic hydroxyl groups is 5. The summed E-state index contributed by atoms with van der Waals surface area (Å²) >= 11 is 0. The third-order valence-corrected chi connectivity index (χ3v) is 6.74. The van der Waals surface area contributed by atoms with E-state index in [0.717, 1.165) is 32.1 Å². The van der Waals surface area contributed by atoms with Crippen molar-refractivity contribution in [2.45, 2.75) is 108 Å². The SMILES string of the molecule is CCCCCC1CC(O)C(C2OC(CO)C(O)C(O)C2O)CC1CCCC. The first kappa shape index (κ1) is 23.0. The minimum Gasteiger partial charge on any atom is -0.394 e. The van der Waals surface area contributed by atoms with E-state index in [4.69, 9.17) is 4.74 Å². The molecule has 1 saturated heterocycles. The zero-order valence-electron chi connectivity index (χ0n) is 16.9. The van der Waals surface area contributed by atoms with Gasteiger partial charge >= 0.3 is 0 Å². The Morgan fingerprint density at radius 1 is 0.778 bits per heavy atom. The van der Waals surface area contributed by atoms with Crippen LogP contribution in [0.4, 0.5) is 0 Å². The Hall–Kier alpha value is -0.240. The van der Waals surface area contributed by atoms with Crippen molar-refractivity contribution in [2.24, 2.45) is 17.8 Å². The Kier molecular flexibility index (Phi) is 9.45. The summed E-state index contributed by atoms with van der Waals surface area (Å²) in [6.45, 7) is 3.95. The van der Waals surface area contributed by atoms with Gasteiger partial charge in [0.1, 0.15) is 24.4 Å². The summed E-state index contributed by atoms with van der Waals surface area (Å²) in [6.07, 6.45) is 3.27. The van der Waals surface area contributed by atoms with E-state index in [1.165, 1.54) is 19.3 Å². The van der Waals surface area contributed by atoms with E-state index < -0.39 is 43.2 Å². The van der Waals surface area contributed by atoms with Crippen LogP contribution in [0.25, 0.3) is 0 Å². The van der Waals surface area contributed by atoms with Crippen molar-refractivity contribution in [1.29, 1.82) is 0 Å². The first-order valence-electron chi connectivity index (χ1n) is 10.9. The van der Waals surface area contributed by atoms with Crippen molar-refractivity contribution in [3.8, 4) is 0 Å². The van der Waals surface area contributed by atoms with E-state index >= 15 is 0 Å². The van der Waals surface area contributed by atoms with Crippen molar-refractivity contribution in [1.82, 2.24) is 0 Å². The molecule has 1 saturated carbocycles. The largest absolute Gasteiger partial charge is 0.394 e. The number of rotatable bonds is 9. The number of hydrogen-bond donors (Lipinski definition) is 5. The van der Waals surface area contributed by atoms with Crippen LogP contribution in [0, 0.1) is 17.8 Å². The van der Waals surface area contributed by atoms with Gasteiger partial charge < -0.3 is 30.3 Å². The lowest BCUT2D eigenvalue weighted by Gasteiger charge is -2.48.